The topological polar surface area (TPSA) is 0 Å². The normalized spacial score (nSPS) is 17.8. The third-order valence-corrected chi connectivity index (χ3v) is 7.98. The minimum absolute atomic E-state index is 0.0506. The van der Waals surface area contributed by atoms with E-state index in [1.54, 1.807) is 0 Å². The van der Waals surface area contributed by atoms with Crippen molar-refractivity contribution in [1.29, 1.82) is 0 Å². The van der Waals surface area contributed by atoms with Gasteiger partial charge in [-0.2, -0.15) is 0 Å². The predicted molar refractivity (Wildman–Crippen MR) is 131 cm³/mol. The third kappa shape index (κ3) is 2.61. The van der Waals surface area contributed by atoms with E-state index in [1.807, 2.05) is 0 Å². The summed E-state index contributed by atoms with van der Waals surface area (Å²) in [4.78, 5) is 0. The number of benzene rings is 4. The highest BCUT2D eigenvalue weighted by molar-refractivity contribution is 5.67. The van der Waals surface area contributed by atoms with E-state index < -0.39 is 0 Å². The molecule has 0 spiro atoms. The van der Waals surface area contributed by atoms with Gasteiger partial charge in [-0.1, -0.05) is 137 Å². The quantitative estimate of drug-likeness (QED) is 0.323. The molecule has 0 amide bonds. The van der Waals surface area contributed by atoms with E-state index in [9.17, 15) is 0 Å². The predicted octanol–water partition coefficient (Wildman–Crippen LogP) is 7.64. The van der Waals surface area contributed by atoms with E-state index >= 15 is 0 Å². The average Bonchev–Trinajstić information content (AvgIpc) is 2.86. The van der Waals surface area contributed by atoms with Crippen molar-refractivity contribution in [2.75, 3.05) is 0 Å². The molecule has 0 heterocycles. The van der Waals surface area contributed by atoms with Gasteiger partial charge in [-0.25, -0.2) is 0 Å². The Balaban J connectivity index is 2.08. The first-order valence-electron chi connectivity index (χ1n) is 11.2. The molecule has 0 saturated carbocycles. The van der Waals surface area contributed by atoms with Gasteiger partial charge in [0.25, 0.3) is 0 Å². The van der Waals surface area contributed by atoms with E-state index in [1.165, 1.54) is 33.4 Å². The van der Waals surface area contributed by atoms with Gasteiger partial charge in [0.2, 0.25) is 0 Å². The van der Waals surface area contributed by atoms with Gasteiger partial charge in [-0.3, -0.25) is 0 Å². The number of hydrogen-bond donors (Lipinski definition) is 0. The van der Waals surface area contributed by atoms with Crippen LogP contribution in [0.3, 0.4) is 0 Å². The monoisotopic (exact) mass is 402 g/mol. The Bertz CT molecular complexity index is 1110. The van der Waals surface area contributed by atoms with Crippen LogP contribution in [0, 0.1) is 0 Å². The highest BCUT2D eigenvalue weighted by Gasteiger charge is 2.52. The van der Waals surface area contributed by atoms with Gasteiger partial charge in [-0.15, -0.1) is 0 Å². The molecule has 154 valence electrons. The molecule has 0 nitrogen and oxygen atoms in total. The Hall–Kier alpha value is -3.12. The molecule has 1 aliphatic carbocycles. The van der Waals surface area contributed by atoms with Gasteiger partial charge < -0.3 is 0 Å². The van der Waals surface area contributed by atoms with Crippen LogP contribution in [-0.4, -0.2) is 0 Å². The zero-order valence-corrected chi connectivity index (χ0v) is 18.9. The summed E-state index contributed by atoms with van der Waals surface area (Å²) in [5, 5.41) is 0. The van der Waals surface area contributed by atoms with Crippen LogP contribution in [0.5, 0.6) is 0 Å². The summed E-state index contributed by atoms with van der Waals surface area (Å²) >= 11 is 0. The van der Waals surface area contributed by atoms with Crippen molar-refractivity contribution >= 4 is 0 Å². The molecule has 0 saturated heterocycles. The van der Waals surface area contributed by atoms with Gasteiger partial charge in [-0.05, 0) is 44.2 Å². The van der Waals surface area contributed by atoms with Crippen molar-refractivity contribution in [2.45, 2.75) is 43.9 Å². The molecule has 4 aromatic carbocycles. The molecule has 0 atom stereocenters. The average molecular weight is 403 g/mol. The van der Waals surface area contributed by atoms with Crippen LogP contribution in [-0.2, 0) is 16.2 Å². The van der Waals surface area contributed by atoms with E-state index in [0.29, 0.717) is 0 Å². The molecule has 0 heteroatoms. The van der Waals surface area contributed by atoms with E-state index in [2.05, 4.69) is 137 Å². The molecule has 0 aromatic heterocycles. The fraction of sp³-hybridized carbons (Fsp3) is 0.226. The molecule has 0 bridgehead atoms. The van der Waals surface area contributed by atoms with Crippen LogP contribution in [0.4, 0.5) is 0 Å². The molecular weight excluding hydrogens is 372 g/mol. The van der Waals surface area contributed by atoms with Crippen LogP contribution in [0.25, 0.3) is 0 Å². The van der Waals surface area contributed by atoms with Crippen molar-refractivity contribution < 1.29 is 0 Å². The van der Waals surface area contributed by atoms with Crippen molar-refractivity contribution in [1.82, 2.24) is 0 Å². The summed E-state index contributed by atoms with van der Waals surface area (Å²) < 4.78 is 0. The molecule has 31 heavy (non-hydrogen) atoms. The highest BCUT2D eigenvalue weighted by Crippen LogP contribution is 2.57. The fourth-order valence-electron chi connectivity index (χ4n) is 5.69. The van der Waals surface area contributed by atoms with Crippen molar-refractivity contribution in [2.24, 2.45) is 0 Å². The van der Waals surface area contributed by atoms with E-state index in [-0.39, 0.29) is 16.2 Å². The first-order chi connectivity index (χ1) is 14.9. The molecule has 0 unspecified atom stereocenters. The highest BCUT2D eigenvalue weighted by atomic mass is 14.5. The number of rotatable bonds is 2. The lowest BCUT2D eigenvalue weighted by atomic mass is 9.61. The maximum absolute atomic E-state index is 2.41. The maximum atomic E-state index is 2.41. The van der Waals surface area contributed by atoms with Gasteiger partial charge in [0.05, 0.1) is 5.41 Å². The zero-order chi connectivity index (χ0) is 21.7. The molecular formula is C31H30. The number of fused-ring (bicyclic) bond motifs is 2. The minimum atomic E-state index is -0.374. The molecule has 1 aliphatic rings. The minimum Gasteiger partial charge on any atom is -0.0622 e. The Morgan fingerprint density at radius 1 is 0.355 bits per heavy atom. The van der Waals surface area contributed by atoms with Gasteiger partial charge in [0.15, 0.2) is 0 Å². The Labute approximate surface area is 186 Å². The van der Waals surface area contributed by atoms with Crippen LogP contribution in [0.15, 0.2) is 109 Å². The lowest BCUT2D eigenvalue weighted by Gasteiger charge is -2.42. The molecule has 4 aromatic rings. The largest absolute Gasteiger partial charge is 0.0707 e. The van der Waals surface area contributed by atoms with Crippen LogP contribution >= 0.6 is 0 Å². The Morgan fingerprint density at radius 2 is 0.645 bits per heavy atom. The summed E-state index contributed by atoms with van der Waals surface area (Å²) in [6.45, 7) is 9.65. The Morgan fingerprint density at radius 3 is 1.00 bits per heavy atom. The SMILES string of the molecule is CC1(C)c2ccccc2C(c2ccccc2)(c2ccccc2)c2ccccc2C1(C)C. The van der Waals surface area contributed by atoms with Gasteiger partial charge >= 0.3 is 0 Å². The zero-order valence-electron chi connectivity index (χ0n) is 18.9. The second-order valence-corrected chi connectivity index (χ2v) is 9.82. The molecule has 0 N–H and O–H groups in total. The van der Waals surface area contributed by atoms with E-state index in [0.717, 1.165) is 0 Å². The second kappa shape index (κ2) is 6.95. The standard InChI is InChI=1S/C31H30/c1-29(2)25-19-11-13-21-27(25)31(23-15-7-5-8-16-23,24-17-9-6-10-18-24)28-22-14-12-20-26(28)30(29,3)4/h5-22H,1-4H3. The molecule has 0 aliphatic heterocycles. The van der Waals surface area contributed by atoms with Crippen molar-refractivity contribution in [3.05, 3.63) is 143 Å². The third-order valence-electron chi connectivity index (χ3n) is 7.98. The Kier molecular flexibility index (Phi) is 4.45. The van der Waals surface area contributed by atoms with E-state index in [4.69, 9.17) is 0 Å². The fourth-order valence-corrected chi connectivity index (χ4v) is 5.69. The summed E-state index contributed by atoms with van der Waals surface area (Å²) in [6.07, 6.45) is 0. The molecule has 0 fully saturated rings. The lowest BCUT2D eigenvalue weighted by Crippen LogP contribution is -2.40. The summed E-state index contributed by atoms with van der Waals surface area (Å²) in [7, 11) is 0. The smallest absolute Gasteiger partial charge is 0.0622 e. The molecule has 5 rings (SSSR count). The first kappa shape index (κ1) is 19.8. The van der Waals surface area contributed by atoms with Gasteiger partial charge in [0.1, 0.15) is 0 Å². The van der Waals surface area contributed by atoms with Crippen LogP contribution in [0.2, 0.25) is 0 Å². The maximum Gasteiger partial charge on any atom is 0.0707 e. The van der Waals surface area contributed by atoms with Crippen molar-refractivity contribution in [3.8, 4) is 0 Å². The van der Waals surface area contributed by atoms with Crippen molar-refractivity contribution in [3.63, 3.8) is 0 Å². The summed E-state index contributed by atoms with van der Waals surface area (Å²) in [5.74, 6) is 0. The molecule has 0 radical (unpaired) electrons. The lowest BCUT2D eigenvalue weighted by molar-refractivity contribution is 0.304. The van der Waals surface area contributed by atoms with Crippen LogP contribution < -0.4 is 0 Å². The first-order valence-corrected chi connectivity index (χ1v) is 11.2. The van der Waals surface area contributed by atoms with Gasteiger partial charge in [0, 0.05) is 0 Å². The van der Waals surface area contributed by atoms with Crippen LogP contribution in [0.1, 0.15) is 61.1 Å². The number of hydrogen-bond acceptors (Lipinski definition) is 0. The summed E-state index contributed by atoms with van der Waals surface area (Å²) in [6, 6.07) is 40.3. The second-order valence-electron chi connectivity index (χ2n) is 9.82. The summed E-state index contributed by atoms with van der Waals surface area (Å²) in [5.41, 5.74) is 7.76.